The van der Waals surface area contributed by atoms with Gasteiger partial charge in [0.1, 0.15) is 0 Å². The van der Waals surface area contributed by atoms with E-state index in [1.54, 1.807) is 12.1 Å². The number of amides is 1. The Balaban J connectivity index is 2.24. The number of unbranched alkanes of at least 4 members (excludes halogenated alkanes) is 2. The number of nitrogens with zero attached hydrogens (tertiary/aromatic N) is 1. The van der Waals surface area contributed by atoms with Gasteiger partial charge in [-0.3, -0.25) is 25.8 Å². The summed E-state index contributed by atoms with van der Waals surface area (Å²) >= 11 is 5.12. The molecule has 0 unspecified atom stereocenters. The molecule has 1 amide bonds. The standard InChI is InChI=1S/C17H26N4O3S/c1-3-4-5-6-13(2)12-18-17(25)20-19-16(22)11-14-7-9-15(10-8-14)21(23)24/h7-10,13H,3-6,11-12H2,1-2H3,(H,19,22)(H2,18,20,25)/t13-/m1/s1. The van der Waals surface area contributed by atoms with Crippen molar-refractivity contribution in [1.82, 2.24) is 16.2 Å². The molecule has 25 heavy (non-hydrogen) atoms. The van der Waals surface area contributed by atoms with Gasteiger partial charge in [-0.25, -0.2) is 0 Å². The van der Waals surface area contributed by atoms with Crippen molar-refractivity contribution in [1.29, 1.82) is 0 Å². The Bertz CT molecular complexity index is 578. The van der Waals surface area contributed by atoms with Crippen molar-refractivity contribution in [3.05, 3.63) is 39.9 Å². The molecule has 0 saturated heterocycles. The Kier molecular flexibility index (Phi) is 9.46. The summed E-state index contributed by atoms with van der Waals surface area (Å²) in [6.45, 7) is 5.10. The van der Waals surface area contributed by atoms with Gasteiger partial charge in [0, 0.05) is 18.7 Å². The van der Waals surface area contributed by atoms with Crippen LogP contribution in [-0.4, -0.2) is 22.5 Å². The summed E-state index contributed by atoms with van der Waals surface area (Å²) in [4.78, 5) is 22.0. The van der Waals surface area contributed by atoms with E-state index in [9.17, 15) is 14.9 Å². The predicted octanol–water partition coefficient (Wildman–Crippen LogP) is 2.85. The van der Waals surface area contributed by atoms with Gasteiger partial charge in [-0.2, -0.15) is 0 Å². The molecule has 1 aromatic carbocycles. The molecule has 0 saturated carbocycles. The number of thiocarbonyl (C=S) groups is 1. The number of hydrogen-bond acceptors (Lipinski definition) is 4. The van der Waals surface area contributed by atoms with E-state index in [2.05, 4.69) is 30.0 Å². The van der Waals surface area contributed by atoms with Crippen LogP contribution in [0.15, 0.2) is 24.3 Å². The molecular weight excluding hydrogens is 340 g/mol. The summed E-state index contributed by atoms with van der Waals surface area (Å²) < 4.78 is 0. The smallest absolute Gasteiger partial charge is 0.269 e. The lowest BCUT2D eigenvalue weighted by Crippen LogP contribution is -2.48. The Hall–Kier alpha value is -2.22. The van der Waals surface area contributed by atoms with Gasteiger partial charge in [0.25, 0.3) is 5.69 Å². The highest BCUT2D eigenvalue weighted by Gasteiger charge is 2.08. The van der Waals surface area contributed by atoms with Crippen molar-refractivity contribution < 1.29 is 9.72 Å². The quantitative estimate of drug-likeness (QED) is 0.269. The normalized spacial score (nSPS) is 11.4. The fraction of sp³-hybridized carbons (Fsp3) is 0.529. The topological polar surface area (TPSA) is 96.3 Å². The summed E-state index contributed by atoms with van der Waals surface area (Å²) in [5, 5.41) is 14.0. The van der Waals surface area contributed by atoms with Crippen molar-refractivity contribution in [2.24, 2.45) is 5.92 Å². The maximum absolute atomic E-state index is 11.9. The number of nitro groups is 1. The SMILES string of the molecule is CCCCC[C@@H](C)CNC(=S)NNC(=O)Cc1ccc([N+](=O)[O-])cc1. The third kappa shape index (κ3) is 8.99. The van der Waals surface area contributed by atoms with Crippen molar-refractivity contribution in [3.63, 3.8) is 0 Å². The first-order valence-corrected chi connectivity index (χ1v) is 8.89. The Morgan fingerprint density at radius 3 is 2.52 bits per heavy atom. The molecule has 0 aromatic heterocycles. The number of hydrogen-bond donors (Lipinski definition) is 3. The van der Waals surface area contributed by atoms with Crippen LogP contribution in [0.25, 0.3) is 0 Å². The van der Waals surface area contributed by atoms with Crippen LogP contribution in [0.3, 0.4) is 0 Å². The second kappa shape index (κ2) is 11.4. The molecule has 0 heterocycles. The lowest BCUT2D eigenvalue weighted by atomic mass is 10.0. The number of carbonyl (C=O) groups is 1. The highest BCUT2D eigenvalue weighted by molar-refractivity contribution is 7.80. The van der Waals surface area contributed by atoms with Crippen LogP contribution in [0.1, 0.15) is 45.1 Å². The van der Waals surface area contributed by atoms with Crippen LogP contribution >= 0.6 is 12.2 Å². The first-order valence-electron chi connectivity index (χ1n) is 8.48. The van der Waals surface area contributed by atoms with Gasteiger partial charge in [-0.15, -0.1) is 0 Å². The fourth-order valence-corrected chi connectivity index (χ4v) is 2.38. The molecule has 3 N–H and O–H groups in total. The number of non-ortho nitro benzene ring substituents is 1. The molecule has 8 heteroatoms. The lowest BCUT2D eigenvalue weighted by Gasteiger charge is -2.15. The van der Waals surface area contributed by atoms with E-state index in [0.29, 0.717) is 16.6 Å². The molecule has 7 nitrogen and oxygen atoms in total. The third-order valence-corrected chi connectivity index (χ3v) is 3.99. The van der Waals surface area contributed by atoms with Crippen LogP contribution in [-0.2, 0) is 11.2 Å². The van der Waals surface area contributed by atoms with Gasteiger partial charge < -0.3 is 5.32 Å². The van der Waals surface area contributed by atoms with E-state index in [1.807, 2.05) is 0 Å². The molecule has 0 radical (unpaired) electrons. The Morgan fingerprint density at radius 2 is 1.92 bits per heavy atom. The van der Waals surface area contributed by atoms with Crippen LogP contribution < -0.4 is 16.2 Å². The van der Waals surface area contributed by atoms with Crippen molar-refractivity contribution >= 4 is 28.9 Å². The number of benzene rings is 1. The van der Waals surface area contributed by atoms with E-state index >= 15 is 0 Å². The van der Waals surface area contributed by atoms with E-state index in [4.69, 9.17) is 12.2 Å². The largest absolute Gasteiger partial charge is 0.361 e. The maximum Gasteiger partial charge on any atom is 0.269 e. The van der Waals surface area contributed by atoms with Gasteiger partial charge in [-0.05, 0) is 30.1 Å². The van der Waals surface area contributed by atoms with E-state index in [1.165, 1.54) is 31.4 Å². The summed E-state index contributed by atoms with van der Waals surface area (Å²) in [5.74, 6) is 0.246. The zero-order valence-electron chi connectivity index (χ0n) is 14.7. The highest BCUT2D eigenvalue weighted by Crippen LogP contribution is 2.12. The number of carbonyl (C=O) groups excluding carboxylic acids is 1. The molecule has 1 rings (SSSR count). The molecular formula is C17H26N4O3S. The van der Waals surface area contributed by atoms with E-state index < -0.39 is 4.92 Å². The molecule has 0 fully saturated rings. The minimum atomic E-state index is -0.473. The third-order valence-electron chi connectivity index (χ3n) is 3.74. The fourth-order valence-electron chi connectivity index (χ4n) is 2.25. The number of rotatable bonds is 9. The molecule has 0 spiro atoms. The summed E-state index contributed by atoms with van der Waals surface area (Å²) in [6, 6.07) is 5.88. The van der Waals surface area contributed by atoms with Crippen LogP contribution in [0.5, 0.6) is 0 Å². The second-order valence-electron chi connectivity index (χ2n) is 6.08. The Morgan fingerprint density at radius 1 is 1.24 bits per heavy atom. The molecule has 0 aliphatic rings. The van der Waals surface area contributed by atoms with Gasteiger partial charge in [-0.1, -0.05) is 45.2 Å². The second-order valence-corrected chi connectivity index (χ2v) is 6.49. The van der Waals surface area contributed by atoms with Crippen molar-refractivity contribution in [2.75, 3.05) is 6.54 Å². The van der Waals surface area contributed by atoms with E-state index in [-0.39, 0.29) is 18.0 Å². The monoisotopic (exact) mass is 366 g/mol. The minimum absolute atomic E-state index is 0.000664. The first kappa shape index (κ1) is 20.8. The molecule has 138 valence electrons. The van der Waals surface area contributed by atoms with Crippen molar-refractivity contribution in [2.45, 2.75) is 46.0 Å². The number of nitro benzene ring substituents is 1. The van der Waals surface area contributed by atoms with Gasteiger partial charge >= 0.3 is 0 Å². The van der Waals surface area contributed by atoms with Crippen molar-refractivity contribution in [3.8, 4) is 0 Å². The molecule has 0 aliphatic heterocycles. The summed E-state index contributed by atoms with van der Waals surface area (Å²) in [5.41, 5.74) is 5.87. The first-order chi connectivity index (χ1) is 11.9. The molecule has 1 aromatic rings. The molecule has 1 atom stereocenters. The number of nitrogens with one attached hydrogen (secondary N) is 3. The van der Waals surface area contributed by atoms with E-state index in [0.717, 1.165) is 13.0 Å². The highest BCUT2D eigenvalue weighted by atomic mass is 32.1. The zero-order chi connectivity index (χ0) is 18.7. The Labute approximate surface area is 153 Å². The van der Waals surface area contributed by atoms with Crippen LogP contribution in [0.4, 0.5) is 5.69 Å². The number of hydrazine groups is 1. The average Bonchev–Trinajstić information content (AvgIpc) is 2.59. The van der Waals surface area contributed by atoms with Crippen LogP contribution in [0.2, 0.25) is 0 Å². The minimum Gasteiger partial charge on any atom is -0.361 e. The predicted molar refractivity (Wildman–Crippen MR) is 102 cm³/mol. The van der Waals surface area contributed by atoms with Gasteiger partial charge in [0.05, 0.1) is 11.3 Å². The lowest BCUT2D eigenvalue weighted by molar-refractivity contribution is -0.384. The maximum atomic E-state index is 11.9. The summed E-state index contributed by atoms with van der Waals surface area (Å²) in [7, 11) is 0. The summed E-state index contributed by atoms with van der Waals surface area (Å²) in [6.07, 6.45) is 4.93. The van der Waals surface area contributed by atoms with Crippen LogP contribution in [0, 0.1) is 16.0 Å². The molecule has 0 bridgehead atoms. The zero-order valence-corrected chi connectivity index (χ0v) is 15.5. The van der Waals surface area contributed by atoms with Gasteiger partial charge in [0.2, 0.25) is 5.91 Å². The molecule has 0 aliphatic carbocycles. The average molecular weight is 366 g/mol. The van der Waals surface area contributed by atoms with Gasteiger partial charge in [0.15, 0.2) is 5.11 Å².